The first-order valence-electron chi connectivity index (χ1n) is 8.79. The van der Waals surface area contributed by atoms with Gasteiger partial charge in [-0.2, -0.15) is 18.3 Å². The number of alkyl halides is 3. The summed E-state index contributed by atoms with van der Waals surface area (Å²) in [4.78, 5) is 4.59. The normalized spacial score (nSPS) is 16.0. The maximum Gasteiger partial charge on any atom is 0.416 e. The smallest absolute Gasteiger partial charge is 0.381 e. The van der Waals surface area contributed by atoms with Gasteiger partial charge in [0.1, 0.15) is 11.5 Å². The van der Waals surface area contributed by atoms with E-state index in [1.165, 1.54) is 6.07 Å². The average molecular weight is 376 g/mol. The molecule has 1 fully saturated rings. The number of halogens is 3. The summed E-state index contributed by atoms with van der Waals surface area (Å²) in [5.41, 5.74) is 1.70. The number of pyridine rings is 1. The second kappa shape index (κ2) is 6.84. The molecule has 4 rings (SSSR count). The van der Waals surface area contributed by atoms with Gasteiger partial charge in [-0.05, 0) is 38.0 Å². The van der Waals surface area contributed by atoms with Crippen LogP contribution in [-0.2, 0) is 10.9 Å². The second-order valence-electron chi connectivity index (χ2n) is 6.72. The van der Waals surface area contributed by atoms with Crippen molar-refractivity contribution in [2.45, 2.75) is 32.0 Å². The van der Waals surface area contributed by atoms with Gasteiger partial charge in [-0.25, -0.2) is 4.98 Å². The molecule has 3 heterocycles. The Kier molecular flexibility index (Phi) is 4.51. The van der Waals surface area contributed by atoms with Crippen LogP contribution in [0.5, 0.6) is 0 Å². The molecule has 0 bridgehead atoms. The van der Waals surface area contributed by atoms with Crippen LogP contribution in [0.4, 0.5) is 19.0 Å². The molecule has 1 aromatic carbocycles. The minimum absolute atomic E-state index is 0.209. The lowest BCUT2D eigenvalue weighted by Crippen LogP contribution is -2.28. The Morgan fingerprint density at radius 2 is 1.96 bits per heavy atom. The predicted octanol–water partition coefficient (Wildman–Crippen LogP) is 4.54. The number of nitrogens with zero attached hydrogens (tertiary/aromatic N) is 2. The number of nitrogens with one attached hydrogen (secondary N) is 2. The maximum absolute atomic E-state index is 13.1. The molecule has 0 unspecified atom stereocenters. The van der Waals surface area contributed by atoms with Crippen molar-refractivity contribution in [2.24, 2.45) is 0 Å². The summed E-state index contributed by atoms with van der Waals surface area (Å²) in [5.74, 6) is 0.637. The zero-order chi connectivity index (χ0) is 19.0. The number of aromatic nitrogens is 3. The van der Waals surface area contributed by atoms with Crippen LogP contribution >= 0.6 is 0 Å². The van der Waals surface area contributed by atoms with Crippen LogP contribution in [0.3, 0.4) is 0 Å². The molecule has 0 saturated carbocycles. The fourth-order valence-corrected chi connectivity index (χ4v) is 3.36. The number of anilines is 1. The summed E-state index contributed by atoms with van der Waals surface area (Å²) in [7, 11) is 0. The zero-order valence-corrected chi connectivity index (χ0v) is 14.7. The van der Waals surface area contributed by atoms with Gasteiger partial charge in [-0.15, -0.1) is 0 Å². The predicted molar refractivity (Wildman–Crippen MR) is 96.5 cm³/mol. The molecule has 142 valence electrons. The Labute approximate surface area is 153 Å². The van der Waals surface area contributed by atoms with Crippen molar-refractivity contribution in [3.63, 3.8) is 0 Å². The molecule has 5 nitrogen and oxygen atoms in total. The van der Waals surface area contributed by atoms with Crippen LogP contribution in [0.25, 0.3) is 22.2 Å². The van der Waals surface area contributed by atoms with Gasteiger partial charge in [0, 0.05) is 30.5 Å². The van der Waals surface area contributed by atoms with Gasteiger partial charge in [0.2, 0.25) is 0 Å². The maximum atomic E-state index is 13.1. The van der Waals surface area contributed by atoms with E-state index in [0.29, 0.717) is 35.7 Å². The molecule has 1 aliphatic heterocycles. The van der Waals surface area contributed by atoms with Gasteiger partial charge in [-0.1, -0.05) is 12.1 Å². The number of aryl methyl sites for hydroxylation is 1. The van der Waals surface area contributed by atoms with E-state index in [2.05, 4.69) is 20.5 Å². The van der Waals surface area contributed by atoms with Crippen LogP contribution in [-0.4, -0.2) is 34.4 Å². The first kappa shape index (κ1) is 17.8. The van der Waals surface area contributed by atoms with Gasteiger partial charge in [0.15, 0.2) is 0 Å². The van der Waals surface area contributed by atoms with Crippen LogP contribution in [0.1, 0.15) is 24.1 Å². The monoisotopic (exact) mass is 376 g/mol. The van der Waals surface area contributed by atoms with Crippen molar-refractivity contribution in [3.8, 4) is 11.3 Å². The summed E-state index contributed by atoms with van der Waals surface area (Å²) in [6.45, 7) is 3.23. The number of H-pyrrole nitrogens is 1. The number of aromatic amines is 1. The Bertz CT molecular complexity index is 961. The molecule has 27 heavy (non-hydrogen) atoms. The lowest BCUT2D eigenvalue weighted by atomic mass is 10.0. The highest BCUT2D eigenvalue weighted by Crippen LogP contribution is 2.36. The van der Waals surface area contributed by atoms with Crippen molar-refractivity contribution in [2.75, 3.05) is 18.5 Å². The van der Waals surface area contributed by atoms with Crippen molar-refractivity contribution >= 4 is 16.7 Å². The lowest BCUT2D eigenvalue weighted by molar-refractivity contribution is -0.137. The van der Waals surface area contributed by atoms with Crippen LogP contribution in [0.15, 0.2) is 30.3 Å². The topological polar surface area (TPSA) is 62.8 Å². The lowest BCUT2D eigenvalue weighted by Gasteiger charge is -2.24. The SMILES string of the molecule is Cc1cc2[nH]nc(-c3cccc(C(F)(F)F)c3)c2c(NC2CCOCC2)n1. The number of hydrogen-bond acceptors (Lipinski definition) is 4. The Morgan fingerprint density at radius 3 is 2.70 bits per heavy atom. The van der Waals surface area contributed by atoms with Crippen LogP contribution in [0, 0.1) is 6.92 Å². The third-order valence-corrected chi connectivity index (χ3v) is 4.70. The molecule has 1 saturated heterocycles. The number of ether oxygens (including phenoxy) is 1. The first-order chi connectivity index (χ1) is 12.9. The fourth-order valence-electron chi connectivity index (χ4n) is 3.36. The number of benzene rings is 1. The van der Waals surface area contributed by atoms with Crippen molar-refractivity contribution in [1.82, 2.24) is 15.2 Å². The number of fused-ring (bicyclic) bond motifs is 1. The summed E-state index contributed by atoms with van der Waals surface area (Å²) >= 11 is 0. The van der Waals surface area contributed by atoms with Gasteiger partial charge in [-0.3, -0.25) is 5.10 Å². The molecular formula is C19H19F3N4O. The molecule has 0 spiro atoms. The van der Waals surface area contributed by atoms with E-state index in [-0.39, 0.29) is 6.04 Å². The highest BCUT2D eigenvalue weighted by molar-refractivity contribution is 6.00. The second-order valence-corrected chi connectivity index (χ2v) is 6.72. The molecule has 2 aromatic heterocycles. The summed E-state index contributed by atoms with van der Waals surface area (Å²) in [6, 6.07) is 7.25. The summed E-state index contributed by atoms with van der Waals surface area (Å²) < 4.78 is 44.7. The van der Waals surface area contributed by atoms with E-state index in [4.69, 9.17) is 4.74 Å². The fraction of sp³-hybridized carbons (Fsp3) is 0.368. The van der Waals surface area contributed by atoms with E-state index < -0.39 is 11.7 Å². The third-order valence-electron chi connectivity index (χ3n) is 4.70. The number of rotatable bonds is 3. The minimum atomic E-state index is -4.40. The summed E-state index contributed by atoms with van der Waals surface area (Å²) in [5, 5.41) is 11.3. The highest BCUT2D eigenvalue weighted by atomic mass is 19.4. The van der Waals surface area contributed by atoms with E-state index >= 15 is 0 Å². The van der Waals surface area contributed by atoms with Crippen LogP contribution in [0.2, 0.25) is 0 Å². The molecule has 2 N–H and O–H groups in total. The van der Waals surface area contributed by atoms with Gasteiger partial charge in [0.05, 0.1) is 16.5 Å². The molecule has 1 aliphatic rings. The molecular weight excluding hydrogens is 357 g/mol. The van der Waals surface area contributed by atoms with Crippen molar-refractivity contribution in [1.29, 1.82) is 0 Å². The molecule has 0 amide bonds. The molecule has 0 atom stereocenters. The van der Waals surface area contributed by atoms with Crippen LogP contribution < -0.4 is 5.32 Å². The molecule has 0 aliphatic carbocycles. The van der Waals surface area contributed by atoms with E-state index in [1.54, 1.807) is 6.07 Å². The quantitative estimate of drug-likeness (QED) is 0.704. The van der Waals surface area contributed by atoms with E-state index in [1.807, 2.05) is 13.0 Å². The Hall–Kier alpha value is -2.61. The van der Waals surface area contributed by atoms with Gasteiger partial charge >= 0.3 is 6.18 Å². The average Bonchev–Trinajstić information content (AvgIpc) is 3.06. The van der Waals surface area contributed by atoms with Gasteiger partial charge < -0.3 is 10.1 Å². The number of hydrogen-bond donors (Lipinski definition) is 2. The minimum Gasteiger partial charge on any atom is -0.381 e. The summed E-state index contributed by atoms with van der Waals surface area (Å²) in [6.07, 6.45) is -2.69. The third kappa shape index (κ3) is 3.62. The Morgan fingerprint density at radius 1 is 1.19 bits per heavy atom. The largest absolute Gasteiger partial charge is 0.416 e. The van der Waals surface area contributed by atoms with Gasteiger partial charge in [0.25, 0.3) is 0 Å². The molecule has 8 heteroatoms. The first-order valence-corrected chi connectivity index (χ1v) is 8.79. The standard InChI is InChI=1S/C19H19F3N4O/c1-11-9-15-16(18(23-11)24-14-5-7-27-8-6-14)17(26-25-15)12-3-2-4-13(10-12)19(20,21)22/h2-4,9-10,14H,5-8H2,1H3,(H,23,24)(H,25,26). The van der Waals surface area contributed by atoms with Crippen molar-refractivity contribution < 1.29 is 17.9 Å². The van der Waals surface area contributed by atoms with Crippen molar-refractivity contribution in [3.05, 3.63) is 41.6 Å². The molecule has 0 radical (unpaired) electrons. The van der Waals surface area contributed by atoms with E-state index in [9.17, 15) is 13.2 Å². The molecule has 3 aromatic rings. The van der Waals surface area contributed by atoms with E-state index in [0.717, 1.165) is 36.2 Å². The Balaban J connectivity index is 1.80. The highest BCUT2D eigenvalue weighted by Gasteiger charge is 2.31. The zero-order valence-electron chi connectivity index (χ0n) is 14.7.